The number of nitrogens with zero attached hydrogens (tertiary/aromatic N) is 3. The number of amides is 2. The summed E-state index contributed by atoms with van der Waals surface area (Å²) in [6, 6.07) is 1.27. The predicted molar refractivity (Wildman–Crippen MR) is 91.6 cm³/mol. The minimum atomic E-state index is -0.591. The van der Waals surface area contributed by atoms with E-state index in [0.29, 0.717) is 10.6 Å². The molecule has 0 saturated carbocycles. The van der Waals surface area contributed by atoms with E-state index in [0.717, 1.165) is 36.1 Å². The van der Waals surface area contributed by atoms with E-state index in [1.54, 1.807) is 0 Å². The van der Waals surface area contributed by atoms with Crippen LogP contribution in [0.3, 0.4) is 0 Å². The summed E-state index contributed by atoms with van der Waals surface area (Å²) in [5.41, 5.74) is 6.87. The van der Waals surface area contributed by atoms with Crippen molar-refractivity contribution in [2.45, 2.75) is 38.6 Å². The third-order valence-electron chi connectivity index (χ3n) is 4.05. The second kappa shape index (κ2) is 7.01. The van der Waals surface area contributed by atoms with Crippen molar-refractivity contribution >= 4 is 34.0 Å². The number of thiophene rings is 1. The van der Waals surface area contributed by atoms with Crippen LogP contribution in [-0.2, 0) is 24.2 Å². The molecule has 3 N–H and O–H groups in total. The van der Waals surface area contributed by atoms with E-state index in [1.165, 1.54) is 28.3 Å². The number of hydrogen-bond acceptors (Lipinski definition) is 6. The summed E-state index contributed by atoms with van der Waals surface area (Å²) >= 11 is 1.40. The molecule has 10 heteroatoms. The van der Waals surface area contributed by atoms with E-state index in [9.17, 15) is 19.7 Å². The highest BCUT2D eigenvalue weighted by Gasteiger charge is 2.25. The van der Waals surface area contributed by atoms with Gasteiger partial charge in [-0.1, -0.05) is 0 Å². The highest BCUT2D eigenvalue weighted by molar-refractivity contribution is 7.17. The summed E-state index contributed by atoms with van der Waals surface area (Å²) in [5, 5.41) is 17.6. The highest BCUT2D eigenvalue weighted by atomic mass is 32.1. The molecule has 0 saturated heterocycles. The largest absolute Gasteiger partial charge is 0.389 e. The molecule has 0 radical (unpaired) electrons. The molecule has 1 aliphatic rings. The number of nitrogens with two attached hydrogens (primary N) is 1. The molecule has 132 valence electrons. The molecular weight excluding hydrogens is 346 g/mol. The van der Waals surface area contributed by atoms with Gasteiger partial charge in [0, 0.05) is 11.3 Å². The third-order valence-corrected chi connectivity index (χ3v) is 5.26. The topological polar surface area (TPSA) is 133 Å². The van der Waals surface area contributed by atoms with Gasteiger partial charge < -0.3 is 21.2 Å². The number of anilines is 1. The molecule has 1 aliphatic carbocycles. The van der Waals surface area contributed by atoms with Gasteiger partial charge in [0.05, 0.1) is 29.5 Å². The molecule has 0 atom stereocenters. The molecule has 0 fully saturated rings. The van der Waals surface area contributed by atoms with Crippen molar-refractivity contribution in [3.63, 3.8) is 0 Å². The SMILES string of the molecule is NC(=O)c1c(NC(=O)CCn2ccc([N+](=O)[O-])n2)sc2c1CCCC2. The van der Waals surface area contributed by atoms with Gasteiger partial charge in [0.25, 0.3) is 5.91 Å². The molecule has 0 unspecified atom stereocenters. The number of hydrogen-bond donors (Lipinski definition) is 2. The highest BCUT2D eigenvalue weighted by Crippen LogP contribution is 2.37. The van der Waals surface area contributed by atoms with Gasteiger partial charge in [-0.15, -0.1) is 11.3 Å². The van der Waals surface area contributed by atoms with Gasteiger partial charge in [-0.05, 0) is 36.2 Å². The summed E-state index contributed by atoms with van der Waals surface area (Å²) in [5.74, 6) is -1.08. The molecule has 2 aromatic rings. The molecule has 0 bridgehead atoms. The second-order valence-corrected chi connectivity index (χ2v) is 6.88. The monoisotopic (exact) mass is 363 g/mol. The number of aryl methyl sites for hydroxylation is 2. The van der Waals surface area contributed by atoms with Crippen LogP contribution < -0.4 is 11.1 Å². The molecule has 9 nitrogen and oxygen atoms in total. The maximum absolute atomic E-state index is 12.2. The fourth-order valence-corrected chi connectivity index (χ4v) is 4.20. The second-order valence-electron chi connectivity index (χ2n) is 5.77. The Hall–Kier alpha value is -2.75. The Morgan fingerprint density at radius 1 is 1.40 bits per heavy atom. The van der Waals surface area contributed by atoms with Gasteiger partial charge >= 0.3 is 5.82 Å². The molecule has 2 heterocycles. The van der Waals surface area contributed by atoms with Crippen LogP contribution in [0, 0.1) is 10.1 Å². The Labute approximate surface area is 147 Å². The zero-order valence-electron chi connectivity index (χ0n) is 13.4. The summed E-state index contributed by atoms with van der Waals surface area (Å²) in [6.45, 7) is 0.205. The Morgan fingerprint density at radius 2 is 2.16 bits per heavy atom. The van der Waals surface area contributed by atoms with Crippen LogP contribution in [0.5, 0.6) is 0 Å². The molecular formula is C15H17N5O4S. The molecule has 2 amide bonds. The number of carbonyl (C=O) groups excluding carboxylic acids is 2. The summed E-state index contributed by atoms with van der Waals surface area (Å²) in [4.78, 5) is 35.1. The smallest absolute Gasteiger partial charge is 0.365 e. The van der Waals surface area contributed by atoms with Crippen LogP contribution in [0.1, 0.15) is 40.1 Å². The predicted octanol–water partition coefficient (Wildman–Crippen LogP) is 1.86. The maximum atomic E-state index is 12.2. The van der Waals surface area contributed by atoms with Gasteiger partial charge in [-0.3, -0.25) is 9.59 Å². The number of aromatic nitrogens is 2. The van der Waals surface area contributed by atoms with Gasteiger partial charge in [-0.25, -0.2) is 0 Å². The van der Waals surface area contributed by atoms with E-state index in [2.05, 4.69) is 10.4 Å². The van der Waals surface area contributed by atoms with Crippen LogP contribution in [-0.4, -0.2) is 26.5 Å². The zero-order chi connectivity index (χ0) is 18.0. The number of carbonyl (C=O) groups is 2. The Bertz CT molecular complexity index is 841. The van der Waals surface area contributed by atoms with E-state index >= 15 is 0 Å². The molecule has 0 aromatic carbocycles. The lowest BCUT2D eigenvalue weighted by Crippen LogP contribution is -2.19. The first-order chi connectivity index (χ1) is 12.0. The minimum Gasteiger partial charge on any atom is -0.365 e. The lowest BCUT2D eigenvalue weighted by atomic mass is 9.95. The number of fused-ring (bicyclic) bond motifs is 1. The summed E-state index contributed by atoms with van der Waals surface area (Å²) in [7, 11) is 0. The van der Waals surface area contributed by atoms with Gasteiger partial charge in [0.15, 0.2) is 0 Å². The van der Waals surface area contributed by atoms with Crippen LogP contribution in [0.2, 0.25) is 0 Å². The quantitative estimate of drug-likeness (QED) is 0.597. The zero-order valence-corrected chi connectivity index (χ0v) is 14.2. The minimum absolute atomic E-state index is 0.0829. The van der Waals surface area contributed by atoms with Crippen molar-refractivity contribution in [1.29, 1.82) is 0 Å². The molecule has 0 aliphatic heterocycles. The van der Waals surface area contributed by atoms with Crippen LogP contribution >= 0.6 is 11.3 Å². The van der Waals surface area contributed by atoms with Crippen molar-refractivity contribution in [2.24, 2.45) is 5.73 Å². The van der Waals surface area contributed by atoms with Crippen LogP contribution in [0.15, 0.2) is 12.3 Å². The Morgan fingerprint density at radius 3 is 2.84 bits per heavy atom. The van der Waals surface area contributed by atoms with E-state index in [4.69, 9.17) is 5.73 Å². The average molecular weight is 363 g/mol. The van der Waals surface area contributed by atoms with Crippen LogP contribution in [0.25, 0.3) is 0 Å². The van der Waals surface area contributed by atoms with Crippen LogP contribution in [0.4, 0.5) is 10.8 Å². The summed E-state index contributed by atoms with van der Waals surface area (Å²) < 4.78 is 1.34. The number of nitro groups is 1. The molecule has 2 aromatic heterocycles. The summed E-state index contributed by atoms with van der Waals surface area (Å²) in [6.07, 6.45) is 5.31. The first-order valence-corrected chi connectivity index (χ1v) is 8.69. The molecule has 3 rings (SSSR count). The number of primary amides is 1. The lowest BCUT2D eigenvalue weighted by Gasteiger charge is -2.11. The fraction of sp³-hybridized carbons (Fsp3) is 0.400. The van der Waals surface area contributed by atoms with Crippen molar-refractivity contribution in [3.8, 4) is 0 Å². The van der Waals surface area contributed by atoms with E-state index < -0.39 is 10.8 Å². The van der Waals surface area contributed by atoms with Crippen molar-refractivity contribution in [1.82, 2.24) is 9.78 Å². The van der Waals surface area contributed by atoms with Gasteiger partial charge in [0.2, 0.25) is 5.91 Å². The van der Waals surface area contributed by atoms with Crippen molar-refractivity contribution in [3.05, 3.63) is 38.4 Å². The number of nitrogens with one attached hydrogen (secondary N) is 1. The fourth-order valence-electron chi connectivity index (χ4n) is 2.89. The van der Waals surface area contributed by atoms with E-state index in [1.807, 2.05) is 0 Å². The Balaban J connectivity index is 1.67. The first kappa shape index (κ1) is 17.1. The third kappa shape index (κ3) is 3.68. The molecule has 0 spiro atoms. The van der Waals surface area contributed by atoms with E-state index in [-0.39, 0.29) is 24.7 Å². The first-order valence-electron chi connectivity index (χ1n) is 7.87. The molecule has 25 heavy (non-hydrogen) atoms. The normalized spacial score (nSPS) is 13.3. The lowest BCUT2D eigenvalue weighted by molar-refractivity contribution is -0.389. The number of rotatable bonds is 6. The maximum Gasteiger partial charge on any atom is 0.389 e. The van der Waals surface area contributed by atoms with Crippen molar-refractivity contribution < 1.29 is 14.5 Å². The Kier molecular flexibility index (Phi) is 4.79. The standard InChI is InChI=1S/C15H17N5O4S/c16-14(22)13-9-3-1-2-4-10(9)25-15(13)17-12(21)6-8-19-7-5-11(18-19)20(23)24/h5,7H,1-4,6,8H2,(H2,16,22)(H,17,21). The van der Waals surface area contributed by atoms with Gasteiger partial charge in [0.1, 0.15) is 5.00 Å². The average Bonchev–Trinajstić information content (AvgIpc) is 3.17. The van der Waals surface area contributed by atoms with Crippen molar-refractivity contribution in [2.75, 3.05) is 5.32 Å². The van der Waals surface area contributed by atoms with Gasteiger partial charge in [-0.2, -0.15) is 4.68 Å².